The average molecular weight is 193 g/mol. The zero-order valence-electron chi connectivity index (χ0n) is 8.62. The van der Waals surface area contributed by atoms with Gasteiger partial charge in [-0.15, -0.1) is 0 Å². The van der Waals surface area contributed by atoms with E-state index in [0.717, 1.165) is 5.88 Å². The summed E-state index contributed by atoms with van der Waals surface area (Å²) in [5, 5.41) is 0. The molecule has 0 radical (unpaired) electrons. The molecule has 0 aromatic carbocycles. The van der Waals surface area contributed by atoms with Gasteiger partial charge in [0, 0.05) is 26.1 Å². The van der Waals surface area contributed by atoms with Gasteiger partial charge in [-0.25, -0.2) is 0 Å². The van der Waals surface area contributed by atoms with Crippen molar-refractivity contribution in [2.45, 2.75) is 32.2 Å². The fraction of sp³-hybridized carbons (Fsp3) is 0.545. The first-order valence-corrected chi connectivity index (χ1v) is 5.02. The Balaban J connectivity index is 2.11. The number of carbonyl (C=O) groups is 1. The molecular formula is C11H15NO2. The zero-order valence-corrected chi connectivity index (χ0v) is 8.62. The van der Waals surface area contributed by atoms with Crippen LogP contribution in [-0.4, -0.2) is 18.9 Å². The Bertz CT molecular complexity index is 339. The molecule has 0 atom stereocenters. The SMILES string of the molecule is CC(=O)c1ccc(N(C)C2CCC2)o1. The second-order valence-electron chi connectivity index (χ2n) is 3.89. The molecule has 1 saturated carbocycles. The van der Waals surface area contributed by atoms with E-state index in [-0.39, 0.29) is 5.78 Å². The largest absolute Gasteiger partial charge is 0.437 e. The Hall–Kier alpha value is -1.25. The molecule has 0 saturated heterocycles. The monoisotopic (exact) mass is 193 g/mol. The summed E-state index contributed by atoms with van der Waals surface area (Å²) >= 11 is 0. The highest BCUT2D eigenvalue weighted by atomic mass is 16.4. The molecule has 2 rings (SSSR count). The molecule has 0 bridgehead atoms. The predicted octanol–water partition coefficient (Wildman–Crippen LogP) is 2.47. The van der Waals surface area contributed by atoms with Gasteiger partial charge in [-0.3, -0.25) is 4.79 Å². The molecule has 0 unspecified atom stereocenters. The van der Waals surface area contributed by atoms with Crippen LogP contribution in [0.4, 0.5) is 5.88 Å². The van der Waals surface area contributed by atoms with Crippen molar-refractivity contribution in [3.8, 4) is 0 Å². The van der Waals surface area contributed by atoms with Gasteiger partial charge in [0.25, 0.3) is 0 Å². The Kier molecular flexibility index (Phi) is 2.32. The van der Waals surface area contributed by atoms with E-state index in [9.17, 15) is 4.79 Å². The van der Waals surface area contributed by atoms with Crippen LogP contribution in [-0.2, 0) is 0 Å². The summed E-state index contributed by atoms with van der Waals surface area (Å²) in [6, 6.07) is 4.21. The molecule has 0 amide bonds. The third kappa shape index (κ3) is 1.54. The molecule has 1 fully saturated rings. The standard InChI is InChI=1S/C11H15NO2/c1-8(13)10-6-7-11(14-10)12(2)9-4-3-5-9/h6-7,9H,3-5H2,1-2H3. The minimum Gasteiger partial charge on any atom is -0.437 e. The Morgan fingerprint density at radius 1 is 1.50 bits per heavy atom. The Morgan fingerprint density at radius 2 is 2.21 bits per heavy atom. The van der Waals surface area contributed by atoms with Crippen molar-refractivity contribution in [1.29, 1.82) is 0 Å². The summed E-state index contributed by atoms with van der Waals surface area (Å²) in [5.41, 5.74) is 0. The van der Waals surface area contributed by atoms with Crippen molar-refractivity contribution < 1.29 is 9.21 Å². The number of rotatable bonds is 3. The van der Waals surface area contributed by atoms with Gasteiger partial charge in [0.1, 0.15) is 0 Å². The number of hydrogen-bond acceptors (Lipinski definition) is 3. The van der Waals surface area contributed by atoms with E-state index in [1.54, 1.807) is 6.07 Å². The highest BCUT2D eigenvalue weighted by Crippen LogP contribution is 2.29. The van der Waals surface area contributed by atoms with Crippen molar-refractivity contribution in [2.75, 3.05) is 11.9 Å². The third-order valence-electron chi connectivity index (χ3n) is 2.91. The summed E-state index contributed by atoms with van der Waals surface area (Å²) in [5.74, 6) is 1.24. The number of nitrogens with zero attached hydrogens (tertiary/aromatic N) is 1. The minimum absolute atomic E-state index is 0.0155. The Morgan fingerprint density at radius 3 is 2.64 bits per heavy atom. The van der Waals surface area contributed by atoms with E-state index in [1.165, 1.54) is 26.2 Å². The molecule has 3 nitrogen and oxygen atoms in total. The van der Waals surface area contributed by atoms with Crippen LogP contribution in [0.25, 0.3) is 0 Å². The molecule has 14 heavy (non-hydrogen) atoms. The van der Waals surface area contributed by atoms with Crippen LogP contribution in [0, 0.1) is 0 Å². The maximum absolute atomic E-state index is 11.0. The van der Waals surface area contributed by atoms with Gasteiger partial charge in [-0.05, 0) is 25.3 Å². The third-order valence-corrected chi connectivity index (χ3v) is 2.91. The van der Waals surface area contributed by atoms with Crippen LogP contribution < -0.4 is 4.90 Å². The number of ketones is 1. The van der Waals surface area contributed by atoms with E-state index in [0.29, 0.717) is 11.8 Å². The van der Waals surface area contributed by atoms with Gasteiger partial charge < -0.3 is 9.32 Å². The number of carbonyl (C=O) groups excluding carboxylic acids is 1. The normalized spacial score (nSPS) is 16.4. The molecule has 0 spiro atoms. The van der Waals surface area contributed by atoms with Gasteiger partial charge in [-0.1, -0.05) is 0 Å². The molecule has 76 valence electrons. The number of furan rings is 1. The first-order chi connectivity index (χ1) is 6.68. The molecule has 0 N–H and O–H groups in total. The van der Waals surface area contributed by atoms with Crippen LogP contribution in [0.2, 0.25) is 0 Å². The van der Waals surface area contributed by atoms with Crippen LogP contribution >= 0.6 is 0 Å². The van der Waals surface area contributed by atoms with Gasteiger partial charge in [0.2, 0.25) is 0 Å². The second kappa shape index (κ2) is 3.48. The molecule has 1 heterocycles. The lowest BCUT2D eigenvalue weighted by atomic mass is 9.92. The van der Waals surface area contributed by atoms with E-state index >= 15 is 0 Å². The smallest absolute Gasteiger partial charge is 0.196 e. The fourth-order valence-corrected chi connectivity index (χ4v) is 1.66. The zero-order chi connectivity index (χ0) is 10.1. The molecule has 1 aliphatic carbocycles. The number of anilines is 1. The van der Waals surface area contributed by atoms with Crippen molar-refractivity contribution in [3.63, 3.8) is 0 Å². The van der Waals surface area contributed by atoms with Crippen molar-refractivity contribution in [1.82, 2.24) is 0 Å². The van der Waals surface area contributed by atoms with Gasteiger partial charge >= 0.3 is 0 Å². The summed E-state index contributed by atoms with van der Waals surface area (Å²) < 4.78 is 5.44. The van der Waals surface area contributed by atoms with Gasteiger partial charge in [0.15, 0.2) is 17.4 Å². The van der Waals surface area contributed by atoms with Crippen LogP contribution in [0.3, 0.4) is 0 Å². The summed E-state index contributed by atoms with van der Waals surface area (Å²) in [6.45, 7) is 1.52. The van der Waals surface area contributed by atoms with E-state index in [1.807, 2.05) is 13.1 Å². The molecule has 0 aliphatic heterocycles. The molecule has 1 aliphatic rings. The minimum atomic E-state index is -0.0155. The molecule has 3 heteroatoms. The lowest BCUT2D eigenvalue weighted by Gasteiger charge is -2.34. The molecular weight excluding hydrogens is 178 g/mol. The predicted molar refractivity (Wildman–Crippen MR) is 54.8 cm³/mol. The van der Waals surface area contributed by atoms with Crippen molar-refractivity contribution in [2.24, 2.45) is 0 Å². The van der Waals surface area contributed by atoms with E-state index in [4.69, 9.17) is 4.42 Å². The van der Waals surface area contributed by atoms with Gasteiger partial charge in [-0.2, -0.15) is 0 Å². The number of Topliss-reactive ketones (excluding diaryl/α,β-unsaturated/α-hetero) is 1. The maximum Gasteiger partial charge on any atom is 0.196 e. The van der Waals surface area contributed by atoms with Crippen molar-refractivity contribution >= 4 is 11.7 Å². The topological polar surface area (TPSA) is 33.5 Å². The maximum atomic E-state index is 11.0. The van der Waals surface area contributed by atoms with Gasteiger partial charge in [0.05, 0.1) is 0 Å². The van der Waals surface area contributed by atoms with Crippen LogP contribution in [0.5, 0.6) is 0 Å². The first kappa shape index (κ1) is 9.31. The Labute approximate surface area is 83.7 Å². The lowest BCUT2D eigenvalue weighted by molar-refractivity contribution is 0.0987. The van der Waals surface area contributed by atoms with E-state index < -0.39 is 0 Å². The molecule has 1 aromatic heterocycles. The quantitative estimate of drug-likeness (QED) is 0.691. The first-order valence-electron chi connectivity index (χ1n) is 5.02. The highest BCUT2D eigenvalue weighted by molar-refractivity contribution is 5.91. The fourth-order valence-electron chi connectivity index (χ4n) is 1.66. The summed E-state index contributed by atoms with van der Waals surface area (Å²) in [4.78, 5) is 13.1. The molecule has 1 aromatic rings. The summed E-state index contributed by atoms with van der Waals surface area (Å²) in [7, 11) is 2.02. The average Bonchev–Trinajstić information content (AvgIpc) is 2.48. The summed E-state index contributed by atoms with van der Waals surface area (Å²) in [6.07, 6.45) is 3.76. The van der Waals surface area contributed by atoms with E-state index in [2.05, 4.69) is 4.90 Å². The van der Waals surface area contributed by atoms with Crippen molar-refractivity contribution in [3.05, 3.63) is 17.9 Å². The van der Waals surface area contributed by atoms with Crippen LogP contribution in [0.1, 0.15) is 36.7 Å². The van der Waals surface area contributed by atoms with Crippen LogP contribution in [0.15, 0.2) is 16.5 Å². The lowest BCUT2D eigenvalue weighted by Crippen LogP contribution is -2.36. The second-order valence-corrected chi connectivity index (χ2v) is 3.89. The highest BCUT2D eigenvalue weighted by Gasteiger charge is 2.24. The number of hydrogen-bond donors (Lipinski definition) is 0.